The largest absolute Gasteiger partial charge is 0.480 e. The number of aliphatic hydroxyl groups excluding tert-OH is 3. The minimum Gasteiger partial charge on any atom is -0.480 e. The average Bonchev–Trinajstić information content (AvgIpc) is 1.78. The maximum atomic E-state index is 15.1. The molecule has 0 saturated heterocycles. The Morgan fingerprint density at radius 2 is 0.960 bits per heavy atom. The molecule has 3 fully saturated rings. The van der Waals surface area contributed by atoms with Gasteiger partial charge in [0.05, 0.1) is 24.9 Å². The number of amides is 10. The van der Waals surface area contributed by atoms with E-state index in [1.54, 1.807) is 0 Å². The molecule has 0 radical (unpaired) electrons. The summed E-state index contributed by atoms with van der Waals surface area (Å²) in [5.74, 6) is -10.2. The van der Waals surface area contributed by atoms with Crippen LogP contribution in [0, 0.1) is 0 Å². The van der Waals surface area contributed by atoms with Crippen molar-refractivity contribution < 1.29 is 73.2 Å². The summed E-state index contributed by atoms with van der Waals surface area (Å²) < 4.78 is 0. The highest BCUT2D eigenvalue weighted by Crippen LogP contribution is 2.44. The van der Waals surface area contributed by atoms with E-state index in [1.807, 2.05) is 30.6 Å². The third-order valence-electron chi connectivity index (χ3n) is 18.2. The molecule has 10 amide bonds. The number of carboxylic acids is 1. The molecule has 3 aliphatic carbocycles. The predicted molar refractivity (Wildman–Crippen MR) is 368 cm³/mol. The fourth-order valence-corrected chi connectivity index (χ4v) is 12.3. The zero-order valence-corrected chi connectivity index (χ0v) is 57.9. The number of aliphatic imine (C=N–C) groups is 2. The fraction of sp³-hybridized carbons (Fsp3) is 0.708. The van der Waals surface area contributed by atoms with Crippen molar-refractivity contribution in [2.24, 2.45) is 44.4 Å². The molecule has 1 aromatic rings. The van der Waals surface area contributed by atoms with Crippen LogP contribution in [0.1, 0.15) is 174 Å². The number of carbonyl (C=O) groups is 11. The zero-order chi connectivity index (χ0) is 73.6. The molecule has 0 spiro atoms. The molecule has 3 saturated carbocycles. The summed E-state index contributed by atoms with van der Waals surface area (Å²) in [5, 5.41) is 66.7. The van der Waals surface area contributed by atoms with Gasteiger partial charge in [0.1, 0.15) is 53.4 Å². The summed E-state index contributed by atoms with van der Waals surface area (Å²) in [5.41, 5.74) is 31.7. The number of aliphatic hydroxyl groups is 3. The molecule has 4 rings (SSSR count). The topological polar surface area (TPSA) is 573 Å². The number of nitrogens with two attached hydrogens (primary N) is 6. The SMILES string of the molecule is C[C@H](N)C(=O)N[C@@H](CCCN=C(N)N)C(=O)NC1(C(=O)N[C@@H](CCCCN(C)[C@@H]2C[C@H]2c2ccccc2)C(=O)NC2(C(=O)N[C@H](C(=O)N[C@@H](C)C(=O)N[C@@H](CCCN=C(N)N)C(=O)N[C@@H](CCCCN)C(=O)N[C@@H](CO)C(=O)N[C@H](C(=O)O)[C@@H](C)O)[C@@H](C)O)CCCCC2)CCCCC1. The molecule has 0 unspecified atom stereocenters. The van der Waals surface area contributed by atoms with Gasteiger partial charge in [0.25, 0.3) is 0 Å². The first kappa shape index (κ1) is 83.1. The fourth-order valence-electron chi connectivity index (χ4n) is 12.3. The molecule has 26 N–H and O–H groups in total. The maximum absolute atomic E-state index is 15.1. The lowest BCUT2D eigenvalue weighted by Gasteiger charge is -2.40. The van der Waals surface area contributed by atoms with E-state index in [1.165, 1.54) is 26.3 Å². The molecule has 34 heteroatoms. The number of rotatable bonds is 43. The second kappa shape index (κ2) is 41.3. The second-order valence-electron chi connectivity index (χ2n) is 26.5. The number of likely N-dealkylation sites (N-methyl/N-ethyl adjacent to an activating group) is 1. The quantitative estimate of drug-likeness (QED) is 0.0167. The van der Waals surface area contributed by atoms with E-state index in [-0.39, 0.29) is 102 Å². The third-order valence-corrected chi connectivity index (χ3v) is 18.2. The number of nitrogens with one attached hydrogen (secondary N) is 10. The van der Waals surface area contributed by atoms with E-state index in [2.05, 4.69) is 74.9 Å². The Balaban J connectivity index is 1.59. The summed E-state index contributed by atoms with van der Waals surface area (Å²) in [6.07, 6.45) is 3.83. The molecule has 556 valence electrons. The molecule has 1 aromatic carbocycles. The number of carbonyl (C=O) groups excluding carboxylic acids is 10. The van der Waals surface area contributed by atoms with Gasteiger partial charge in [-0.2, -0.15) is 0 Å². The lowest BCUT2D eigenvalue weighted by molar-refractivity contribution is -0.145. The number of hydrogen-bond acceptors (Lipinski definition) is 19. The molecule has 0 bridgehead atoms. The minimum atomic E-state index is -1.80. The summed E-state index contributed by atoms with van der Waals surface area (Å²) >= 11 is 0. The second-order valence-corrected chi connectivity index (χ2v) is 26.5. The maximum Gasteiger partial charge on any atom is 0.328 e. The van der Waals surface area contributed by atoms with Gasteiger partial charge in [-0.25, -0.2) is 4.79 Å². The first-order valence-electron chi connectivity index (χ1n) is 34.5. The Bertz CT molecular complexity index is 2900. The van der Waals surface area contributed by atoms with Gasteiger partial charge >= 0.3 is 5.97 Å². The van der Waals surface area contributed by atoms with Gasteiger partial charge < -0.3 is 113 Å². The normalized spacial score (nSPS) is 19.4. The minimum absolute atomic E-state index is 0.0162. The van der Waals surface area contributed by atoms with E-state index in [0.29, 0.717) is 69.9 Å². The molecule has 0 heterocycles. The van der Waals surface area contributed by atoms with Crippen molar-refractivity contribution in [3.05, 3.63) is 35.9 Å². The number of unbranched alkanes of at least 4 members (excludes halogenated alkanes) is 2. The molecule has 13 atom stereocenters. The Morgan fingerprint density at radius 3 is 1.42 bits per heavy atom. The summed E-state index contributed by atoms with van der Waals surface area (Å²) in [4.78, 5) is 164. The van der Waals surface area contributed by atoms with Crippen molar-refractivity contribution in [1.82, 2.24) is 58.1 Å². The number of guanidine groups is 2. The van der Waals surface area contributed by atoms with Crippen molar-refractivity contribution in [3.8, 4) is 0 Å². The summed E-state index contributed by atoms with van der Waals surface area (Å²) in [6.45, 7) is 5.04. The molecule has 0 aromatic heterocycles. The van der Waals surface area contributed by atoms with Crippen LogP contribution < -0.4 is 87.6 Å². The van der Waals surface area contributed by atoms with Crippen LogP contribution in [0.5, 0.6) is 0 Å². The van der Waals surface area contributed by atoms with E-state index in [4.69, 9.17) is 34.4 Å². The standard InChI is InChI=1S/C65H111N19O15/c1-37(67)51(88)75-45(26-20-33-73-63(70)71)56(93)82-64(27-13-7-14-28-64)60(98)79-46(24-12-18-34-84(5)48-35-42(48)41-21-9-6-10-22-41)57(94)83-65(29-15-8-16-30-65)61(99)81-49(39(3)86)58(95)74-38(2)52(89)76-44(25-19-32-72-62(68)69)53(90)77-43(23-11-17-31-66)54(91)78-47(36-85)55(92)80-50(40(4)87)59(96)97/h6,9-10,21-22,37-40,42-50,85-87H,7-8,11-20,23-36,66-67H2,1-5H3,(H,74,95)(H,75,88)(H,76,89)(H,77,90)(H,78,91)(H,79,98)(H,80,92)(H,81,99)(H,82,93)(H,83,94)(H,96,97)(H4,68,69,72)(H4,70,71,73)/t37-,38-,39+,40+,42-,43-,44-,45-,46-,47-,48+,49-,50-/m0/s1. The average molecular weight is 1400 g/mol. The van der Waals surface area contributed by atoms with Crippen molar-refractivity contribution in [2.45, 2.75) is 252 Å². The van der Waals surface area contributed by atoms with Gasteiger partial charge in [-0.3, -0.25) is 57.9 Å². The van der Waals surface area contributed by atoms with Gasteiger partial charge in [0.2, 0.25) is 59.1 Å². The van der Waals surface area contributed by atoms with Gasteiger partial charge in [-0.15, -0.1) is 0 Å². The first-order chi connectivity index (χ1) is 46.9. The van der Waals surface area contributed by atoms with Crippen LogP contribution in [-0.2, 0) is 52.7 Å². The Hall–Kier alpha value is -8.31. The van der Waals surface area contributed by atoms with Gasteiger partial charge in [0, 0.05) is 25.0 Å². The van der Waals surface area contributed by atoms with Crippen LogP contribution in [0.25, 0.3) is 0 Å². The Morgan fingerprint density at radius 1 is 0.525 bits per heavy atom. The highest BCUT2D eigenvalue weighted by Gasteiger charge is 2.48. The molecule has 0 aliphatic heterocycles. The summed E-state index contributed by atoms with van der Waals surface area (Å²) in [7, 11) is 2.04. The van der Waals surface area contributed by atoms with E-state index in [9.17, 15) is 63.6 Å². The zero-order valence-electron chi connectivity index (χ0n) is 57.9. The third kappa shape index (κ3) is 27.0. The highest BCUT2D eigenvalue weighted by atomic mass is 16.4. The molecule has 34 nitrogen and oxygen atoms in total. The molecule has 99 heavy (non-hydrogen) atoms. The number of nitrogens with zero attached hydrogens (tertiary/aromatic N) is 3. The highest BCUT2D eigenvalue weighted by molar-refractivity contribution is 6.01. The predicted octanol–water partition coefficient (Wildman–Crippen LogP) is -4.40. The van der Waals surface area contributed by atoms with Gasteiger partial charge in [0.15, 0.2) is 18.0 Å². The van der Waals surface area contributed by atoms with Crippen LogP contribution in [0.3, 0.4) is 0 Å². The van der Waals surface area contributed by atoms with Gasteiger partial charge in [-0.05, 0) is 150 Å². The molecular formula is C65H111N19O15. The number of aliphatic carboxylic acids is 1. The van der Waals surface area contributed by atoms with E-state index in [0.717, 1.165) is 19.8 Å². The van der Waals surface area contributed by atoms with Crippen LogP contribution in [-0.4, -0.2) is 226 Å². The monoisotopic (exact) mass is 1400 g/mol. The lowest BCUT2D eigenvalue weighted by atomic mass is 9.79. The summed E-state index contributed by atoms with van der Waals surface area (Å²) in [6, 6.07) is -2.51. The van der Waals surface area contributed by atoms with Crippen molar-refractivity contribution in [2.75, 3.05) is 39.8 Å². The van der Waals surface area contributed by atoms with Crippen LogP contribution in [0.2, 0.25) is 0 Å². The van der Waals surface area contributed by atoms with Crippen LogP contribution >= 0.6 is 0 Å². The van der Waals surface area contributed by atoms with E-state index >= 15 is 9.59 Å². The van der Waals surface area contributed by atoms with Crippen molar-refractivity contribution >= 4 is 77.0 Å². The molecule has 3 aliphatic rings. The number of carboxylic acid groups (broad SMARTS) is 1. The van der Waals surface area contributed by atoms with Gasteiger partial charge in [-0.1, -0.05) is 68.9 Å². The van der Waals surface area contributed by atoms with Crippen molar-refractivity contribution in [1.29, 1.82) is 0 Å². The van der Waals surface area contributed by atoms with E-state index < -0.39 is 149 Å². The lowest BCUT2D eigenvalue weighted by Crippen LogP contribution is -2.68. The van der Waals surface area contributed by atoms with Crippen LogP contribution in [0.4, 0.5) is 0 Å². The number of benzene rings is 1. The smallest absolute Gasteiger partial charge is 0.328 e. The van der Waals surface area contributed by atoms with Crippen molar-refractivity contribution in [3.63, 3.8) is 0 Å². The Kier molecular flexibility index (Phi) is 34.7. The number of hydrogen-bond donors (Lipinski definition) is 20. The first-order valence-corrected chi connectivity index (χ1v) is 34.5. The molecular weight excluding hydrogens is 1290 g/mol. The van der Waals surface area contributed by atoms with Crippen LogP contribution in [0.15, 0.2) is 40.3 Å². The Labute approximate surface area is 578 Å².